The number of likely N-dealkylation sites (N-methyl/N-ethyl adjacent to an activating group) is 1. The van der Waals surface area contributed by atoms with E-state index in [0.29, 0.717) is 23.4 Å². The van der Waals surface area contributed by atoms with Gasteiger partial charge >= 0.3 is 0 Å². The molecule has 19 heavy (non-hydrogen) atoms. The summed E-state index contributed by atoms with van der Waals surface area (Å²) in [5.41, 5.74) is 0.570. The zero-order valence-electron chi connectivity index (χ0n) is 10.6. The Morgan fingerprint density at radius 3 is 3.00 bits per heavy atom. The van der Waals surface area contributed by atoms with Crippen molar-refractivity contribution >= 4 is 27.5 Å². The molecule has 0 aromatic heterocycles. The Hall–Kier alpha value is -0.980. The van der Waals surface area contributed by atoms with Crippen molar-refractivity contribution in [1.82, 2.24) is 5.32 Å². The predicted octanol–water partition coefficient (Wildman–Crippen LogP) is 2.15. The van der Waals surface area contributed by atoms with Crippen molar-refractivity contribution in [2.24, 2.45) is 5.92 Å². The average molecular weight is 331 g/mol. The maximum atomic E-state index is 13.1. The molecule has 4 nitrogen and oxygen atoms in total. The maximum Gasteiger partial charge on any atom is 0.231 e. The molecule has 104 valence electrons. The van der Waals surface area contributed by atoms with E-state index in [1.807, 2.05) is 6.92 Å². The van der Waals surface area contributed by atoms with Crippen LogP contribution in [-0.4, -0.2) is 31.7 Å². The van der Waals surface area contributed by atoms with E-state index in [1.165, 1.54) is 12.1 Å². The van der Waals surface area contributed by atoms with E-state index in [2.05, 4.69) is 26.6 Å². The normalized spacial score (nSPS) is 22.5. The van der Waals surface area contributed by atoms with E-state index in [4.69, 9.17) is 4.74 Å². The van der Waals surface area contributed by atoms with Gasteiger partial charge in [-0.3, -0.25) is 4.79 Å². The third-order valence-electron chi connectivity index (χ3n) is 3.07. The highest BCUT2D eigenvalue weighted by atomic mass is 79.9. The summed E-state index contributed by atoms with van der Waals surface area (Å²) >= 11 is 3.09. The molecule has 0 saturated carbocycles. The van der Waals surface area contributed by atoms with Crippen LogP contribution in [0, 0.1) is 11.7 Å². The summed E-state index contributed by atoms with van der Waals surface area (Å²) in [5, 5.41) is 6.01. The third kappa shape index (κ3) is 3.52. The van der Waals surface area contributed by atoms with Crippen LogP contribution in [0.15, 0.2) is 22.7 Å². The molecule has 1 aromatic rings. The lowest BCUT2D eigenvalue weighted by molar-refractivity contribution is -0.120. The van der Waals surface area contributed by atoms with E-state index in [0.717, 1.165) is 6.54 Å². The molecule has 0 spiro atoms. The molecule has 0 bridgehead atoms. The van der Waals surface area contributed by atoms with Gasteiger partial charge in [-0.05, 0) is 40.7 Å². The van der Waals surface area contributed by atoms with Crippen LogP contribution in [0.1, 0.15) is 6.92 Å². The summed E-state index contributed by atoms with van der Waals surface area (Å²) in [6.07, 6.45) is 0. The average Bonchev–Trinajstić information content (AvgIpc) is 2.83. The van der Waals surface area contributed by atoms with E-state index < -0.39 is 0 Å². The van der Waals surface area contributed by atoms with Crippen LogP contribution in [-0.2, 0) is 9.53 Å². The fourth-order valence-corrected chi connectivity index (χ4v) is 2.46. The van der Waals surface area contributed by atoms with Gasteiger partial charge in [0.15, 0.2) is 0 Å². The lowest BCUT2D eigenvalue weighted by Crippen LogP contribution is -2.41. The molecule has 1 aliphatic rings. The minimum atomic E-state index is -0.354. The highest BCUT2D eigenvalue weighted by molar-refractivity contribution is 9.10. The minimum Gasteiger partial charge on any atom is -0.379 e. The number of nitrogens with one attached hydrogen (secondary N) is 2. The largest absolute Gasteiger partial charge is 0.379 e. The van der Waals surface area contributed by atoms with Gasteiger partial charge in [0.25, 0.3) is 0 Å². The zero-order chi connectivity index (χ0) is 13.8. The molecular formula is C13H16BrFN2O2. The summed E-state index contributed by atoms with van der Waals surface area (Å²) < 4.78 is 18.8. The number of benzene rings is 1. The van der Waals surface area contributed by atoms with Crippen molar-refractivity contribution in [1.29, 1.82) is 0 Å². The van der Waals surface area contributed by atoms with Crippen molar-refractivity contribution in [3.63, 3.8) is 0 Å². The molecule has 1 fully saturated rings. The van der Waals surface area contributed by atoms with E-state index >= 15 is 0 Å². The van der Waals surface area contributed by atoms with Gasteiger partial charge < -0.3 is 15.4 Å². The van der Waals surface area contributed by atoms with E-state index in [9.17, 15) is 9.18 Å². The van der Waals surface area contributed by atoms with Crippen molar-refractivity contribution < 1.29 is 13.9 Å². The summed E-state index contributed by atoms with van der Waals surface area (Å²) in [6, 6.07) is 4.43. The van der Waals surface area contributed by atoms with Crippen molar-refractivity contribution in [3.05, 3.63) is 28.5 Å². The van der Waals surface area contributed by atoms with E-state index in [1.54, 1.807) is 6.07 Å². The molecule has 1 aromatic carbocycles. The van der Waals surface area contributed by atoms with E-state index in [-0.39, 0.29) is 23.7 Å². The fraction of sp³-hybridized carbons (Fsp3) is 0.462. The van der Waals surface area contributed by atoms with Crippen LogP contribution >= 0.6 is 15.9 Å². The SMILES string of the molecule is CCNC1COCC1C(=O)Nc1ccc(F)c(Br)c1. The van der Waals surface area contributed by atoms with Gasteiger partial charge in [-0.25, -0.2) is 4.39 Å². The van der Waals surface area contributed by atoms with Crippen LogP contribution in [0.5, 0.6) is 0 Å². The van der Waals surface area contributed by atoms with Gasteiger partial charge in [-0.1, -0.05) is 6.92 Å². The molecule has 6 heteroatoms. The van der Waals surface area contributed by atoms with Gasteiger partial charge in [-0.2, -0.15) is 0 Å². The number of rotatable bonds is 4. The first-order valence-corrected chi connectivity index (χ1v) is 6.98. The summed E-state index contributed by atoms with van der Waals surface area (Å²) in [7, 11) is 0. The van der Waals surface area contributed by atoms with Crippen molar-refractivity contribution in [3.8, 4) is 0 Å². The fourth-order valence-electron chi connectivity index (χ4n) is 2.08. The maximum absolute atomic E-state index is 13.1. The Balaban J connectivity index is 2.02. The summed E-state index contributed by atoms with van der Waals surface area (Å²) in [5.74, 6) is -0.682. The van der Waals surface area contributed by atoms with Gasteiger partial charge in [-0.15, -0.1) is 0 Å². The number of amides is 1. The molecule has 0 aliphatic carbocycles. The quantitative estimate of drug-likeness (QED) is 0.889. The number of carbonyl (C=O) groups is 1. The van der Waals surface area contributed by atoms with Crippen LogP contribution in [0.25, 0.3) is 0 Å². The number of anilines is 1. The Kier molecular flexibility index (Phi) is 4.90. The Morgan fingerprint density at radius 1 is 1.53 bits per heavy atom. The Bertz CT molecular complexity index is 470. The lowest BCUT2D eigenvalue weighted by atomic mass is 10.0. The van der Waals surface area contributed by atoms with Crippen LogP contribution < -0.4 is 10.6 Å². The smallest absolute Gasteiger partial charge is 0.231 e. The second kappa shape index (κ2) is 6.45. The van der Waals surface area contributed by atoms with Crippen LogP contribution in [0.3, 0.4) is 0 Å². The predicted molar refractivity (Wildman–Crippen MR) is 74.5 cm³/mol. The Morgan fingerprint density at radius 2 is 2.32 bits per heavy atom. The van der Waals surface area contributed by atoms with Gasteiger partial charge in [0.05, 0.1) is 23.6 Å². The molecule has 0 radical (unpaired) electrons. The molecule has 2 N–H and O–H groups in total. The standard InChI is InChI=1S/C13H16BrFN2O2/c1-2-16-12-7-19-6-9(12)13(18)17-8-3-4-11(15)10(14)5-8/h3-5,9,12,16H,2,6-7H2,1H3,(H,17,18). The number of ether oxygens (including phenoxy) is 1. The zero-order valence-corrected chi connectivity index (χ0v) is 12.2. The van der Waals surface area contributed by atoms with Gasteiger partial charge in [0.1, 0.15) is 5.82 Å². The first-order valence-electron chi connectivity index (χ1n) is 6.19. The lowest BCUT2D eigenvalue weighted by Gasteiger charge is -2.17. The molecule has 2 rings (SSSR count). The number of carbonyl (C=O) groups excluding carboxylic acids is 1. The molecule has 1 saturated heterocycles. The van der Waals surface area contributed by atoms with Gasteiger partial charge in [0.2, 0.25) is 5.91 Å². The first-order chi connectivity index (χ1) is 9.11. The molecular weight excluding hydrogens is 315 g/mol. The molecule has 1 amide bonds. The molecule has 2 unspecified atom stereocenters. The third-order valence-corrected chi connectivity index (χ3v) is 3.68. The minimum absolute atomic E-state index is 0.0360. The number of hydrogen-bond acceptors (Lipinski definition) is 3. The monoisotopic (exact) mass is 330 g/mol. The summed E-state index contributed by atoms with van der Waals surface area (Å²) in [4.78, 5) is 12.2. The van der Waals surface area contributed by atoms with Crippen molar-refractivity contribution in [2.45, 2.75) is 13.0 Å². The highest BCUT2D eigenvalue weighted by Crippen LogP contribution is 2.22. The van der Waals surface area contributed by atoms with Crippen molar-refractivity contribution in [2.75, 3.05) is 25.1 Å². The Labute approximate surface area is 119 Å². The van der Waals surface area contributed by atoms with Crippen LogP contribution in [0.4, 0.5) is 10.1 Å². The second-order valence-electron chi connectivity index (χ2n) is 4.43. The number of halogens is 2. The number of hydrogen-bond donors (Lipinski definition) is 2. The topological polar surface area (TPSA) is 50.4 Å². The molecule has 2 atom stereocenters. The second-order valence-corrected chi connectivity index (χ2v) is 5.28. The molecule has 1 aliphatic heterocycles. The van der Waals surface area contributed by atoms with Crippen LogP contribution in [0.2, 0.25) is 0 Å². The molecule has 1 heterocycles. The summed E-state index contributed by atoms with van der Waals surface area (Å²) in [6.45, 7) is 3.73. The highest BCUT2D eigenvalue weighted by Gasteiger charge is 2.33. The van der Waals surface area contributed by atoms with Gasteiger partial charge in [0, 0.05) is 11.7 Å². The first kappa shape index (κ1) is 14.4.